The lowest BCUT2D eigenvalue weighted by Crippen LogP contribution is -2.29. The predicted octanol–water partition coefficient (Wildman–Crippen LogP) is 5.77. The van der Waals surface area contributed by atoms with Crippen LogP contribution in [0.3, 0.4) is 0 Å². The molecule has 4 aromatic carbocycles. The monoisotopic (exact) mass is 465 g/mol. The van der Waals surface area contributed by atoms with Crippen molar-refractivity contribution in [3.63, 3.8) is 0 Å². The van der Waals surface area contributed by atoms with Gasteiger partial charge in [0.25, 0.3) is 5.91 Å². The molecule has 0 aliphatic carbocycles. The van der Waals surface area contributed by atoms with Crippen LogP contribution < -0.4 is 14.8 Å². The van der Waals surface area contributed by atoms with Gasteiger partial charge in [0, 0.05) is 10.9 Å². The molecule has 1 unspecified atom stereocenters. The molecule has 0 aliphatic rings. The number of methoxy groups -OCH3 is 1. The molecule has 1 N–H and O–H groups in total. The van der Waals surface area contributed by atoms with Crippen molar-refractivity contribution in [2.75, 3.05) is 13.7 Å². The second-order valence-electron chi connectivity index (χ2n) is 8.36. The minimum Gasteiger partial charge on any atom is -0.497 e. The Morgan fingerprint density at radius 3 is 2.63 bits per heavy atom. The third-order valence-electron chi connectivity index (χ3n) is 6.07. The van der Waals surface area contributed by atoms with Crippen LogP contribution in [0, 0.1) is 0 Å². The summed E-state index contributed by atoms with van der Waals surface area (Å²) < 4.78 is 13.6. The molecule has 0 spiro atoms. The molecule has 0 fully saturated rings. The number of aromatic nitrogens is 2. The molecule has 0 radical (unpaired) electrons. The van der Waals surface area contributed by atoms with Crippen molar-refractivity contribution in [2.24, 2.45) is 0 Å². The summed E-state index contributed by atoms with van der Waals surface area (Å²) >= 11 is 0. The maximum atomic E-state index is 12.9. The topological polar surface area (TPSA) is 65.4 Å². The van der Waals surface area contributed by atoms with Gasteiger partial charge in [-0.3, -0.25) is 4.79 Å². The summed E-state index contributed by atoms with van der Waals surface area (Å²) in [5.41, 5.74) is 2.43. The number of benzene rings is 4. The molecule has 1 atom stereocenters. The number of hydrogen-bond acceptors (Lipinski definition) is 4. The van der Waals surface area contributed by atoms with E-state index in [1.165, 1.54) is 0 Å². The zero-order chi connectivity index (χ0) is 24.2. The Morgan fingerprint density at radius 1 is 0.971 bits per heavy atom. The summed E-state index contributed by atoms with van der Waals surface area (Å²) in [6, 6.07) is 29.1. The number of fused-ring (bicyclic) bond motifs is 2. The molecule has 35 heavy (non-hydrogen) atoms. The highest BCUT2D eigenvalue weighted by molar-refractivity contribution is 5.94. The highest BCUT2D eigenvalue weighted by atomic mass is 16.5. The minimum atomic E-state index is -0.307. The van der Waals surface area contributed by atoms with Gasteiger partial charge in [-0.05, 0) is 48.7 Å². The zero-order valence-electron chi connectivity index (χ0n) is 19.8. The van der Waals surface area contributed by atoms with E-state index in [2.05, 4.69) is 28.1 Å². The number of nitrogens with zero attached hydrogens (tertiary/aromatic N) is 2. The minimum absolute atomic E-state index is 0.179. The summed E-state index contributed by atoms with van der Waals surface area (Å²) in [5, 5.41) is 5.31. The van der Waals surface area contributed by atoms with Crippen LogP contribution in [0.2, 0.25) is 0 Å². The van der Waals surface area contributed by atoms with Gasteiger partial charge in [0.1, 0.15) is 23.9 Å². The second kappa shape index (κ2) is 9.89. The molecule has 0 saturated heterocycles. The Kier molecular flexibility index (Phi) is 6.35. The Balaban J connectivity index is 1.37. The van der Waals surface area contributed by atoms with Crippen molar-refractivity contribution in [3.05, 3.63) is 102 Å². The smallest absolute Gasteiger partial charge is 0.251 e. The molecular weight excluding hydrogens is 438 g/mol. The van der Waals surface area contributed by atoms with Crippen molar-refractivity contribution in [3.8, 4) is 11.5 Å². The van der Waals surface area contributed by atoms with Gasteiger partial charge >= 0.3 is 0 Å². The average Bonchev–Trinajstić information content (AvgIpc) is 3.27. The Morgan fingerprint density at radius 2 is 1.74 bits per heavy atom. The van der Waals surface area contributed by atoms with Crippen LogP contribution in [0.4, 0.5) is 0 Å². The fourth-order valence-electron chi connectivity index (χ4n) is 4.34. The highest BCUT2D eigenvalue weighted by Crippen LogP contribution is 2.26. The number of amides is 1. The van der Waals surface area contributed by atoms with E-state index in [-0.39, 0.29) is 11.9 Å². The molecule has 0 aliphatic heterocycles. The maximum absolute atomic E-state index is 12.9. The summed E-state index contributed by atoms with van der Waals surface area (Å²) in [6.07, 6.45) is 0. The summed E-state index contributed by atoms with van der Waals surface area (Å²) in [7, 11) is 1.59. The SMILES string of the molecule is COc1cccc(C(=O)NC(C)c2nc3ccccc3n2CCOc2cccc3ccccc23)c1. The molecule has 5 aromatic rings. The Bertz CT molecular complexity index is 1490. The van der Waals surface area contributed by atoms with Gasteiger partial charge in [0.2, 0.25) is 0 Å². The Hall–Kier alpha value is -4.32. The van der Waals surface area contributed by atoms with Gasteiger partial charge in [-0.1, -0.05) is 54.6 Å². The van der Waals surface area contributed by atoms with Crippen LogP contribution >= 0.6 is 0 Å². The number of para-hydroxylation sites is 2. The standard InChI is InChI=1S/C29H27N3O3/c1-20(30-29(33)22-11-7-12-23(19-22)34-2)28-31-25-14-5-6-15-26(25)32(28)17-18-35-27-16-8-10-21-9-3-4-13-24(21)27/h3-16,19-20H,17-18H2,1-2H3,(H,30,33). The van der Waals surface area contributed by atoms with Crippen molar-refractivity contribution in [1.82, 2.24) is 14.9 Å². The van der Waals surface area contributed by atoms with Crippen molar-refractivity contribution < 1.29 is 14.3 Å². The molecule has 1 heterocycles. The van der Waals surface area contributed by atoms with Crippen molar-refractivity contribution in [2.45, 2.75) is 19.5 Å². The fraction of sp³-hybridized carbons (Fsp3) is 0.172. The van der Waals surface area contributed by atoms with Gasteiger partial charge in [-0.15, -0.1) is 0 Å². The van der Waals surface area contributed by atoms with Crippen LogP contribution in [0.15, 0.2) is 91.0 Å². The molecule has 0 saturated carbocycles. The van der Waals surface area contributed by atoms with E-state index >= 15 is 0 Å². The number of rotatable bonds is 8. The first-order valence-corrected chi connectivity index (χ1v) is 11.6. The molecule has 1 amide bonds. The first kappa shape index (κ1) is 22.5. The van der Waals surface area contributed by atoms with Crippen LogP contribution in [0.25, 0.3) is 21.8 Å². The molecule has 6 nitrogen and oxygen atoms in total. The first-order chi connectivity index (χ1) is 17.1. The third kappa shape index (κ3) is 4.68. The molecular formula is C29H27N3O3. The number of nitrogens with one attached hydrogen (secondary N) is 1. The van der Waals surface area contributed by atoms with E-state index < -0.39 is 0 Å². The van der Waals surface area contributed by atoms with Crippen LogP contribution in [-0.4, -0.2) is 29.2 Å². The lowest BCUT2D eigenvalue weighted by Gasteiger charge is -2.17. The highest BCUT2D eigenvalue weighted by Gasteiger charge is 2.19. The lowest BCUT2D eigenvalue weighted by atomic mass is 10.1. The van der Waals surface area contributed by atoms with Crippen molar-refractivity contribution in [1.29, 1.82) is 0 Å². The van der Waals surface area contributed by atoms with Crippen LogP contribution in [0.5, 0.6) is 11.5 Å². The van der Waals surface area contributed by atoms with Gasteiger partial charge < -0.3 is 19.4 Å². The first-order valence-electron chi connectivity index (χ1n) is 11.6. The zero-order valence-corrected chi connectivity index (χ0v) is 19.8. The van der Waals surface area contributed by atoms with E-state index in [9.17, 15) is 4.79 Å². The normalized spacial score (nSPS) is 11.9. The van der Waals surface area contributed by atoms with E-state index in [0.717, 1.165) is 33.4 Å². The van der Waals surface area contributed by atoms with Gasteiger partial charge in [-0.2, -0.15) is 0 Å². The quantitative estimate of drug-likeness (QED) is 0.316. The van der Waals surface area contributed by atoms with Gasteiger partial charge in [0.05, 0.1) is 30.7 Å². The third-order valence-corrected chi connectivity index (χ3v) is 6.07. The van der Waals surface area contributed by atoms with Crippen LogP contribution in [-0.2, 0) is 6.54 Å². The number of ether oxygens (including phenoxy) is 2. The van der Waals surface area contributed by atoms with Crippen LogP contribution in [0.1, 0.15) is 29.1 Å². The van der Waals surface area contributed by atoms with Gasteiger partial charge in [-0.25, -0.2) is 4.98 Å². The number of carbonyl (C=O) groups is 1. The molecule has 0 bridgehead atoms. The number of hydrogen-bond donors (Lipinski definition) is 1. The van der Waals surface area contributed by atoms with E-state index in [4.69, 9.17) is 14.5 Å². The number of carbonyl (C=O) groups excluding carboxylic acids is 1. The largest absolute Gasteiger partial charge is 0.497 e. The summed E-state index contributed by atoms with van der Waals surface area (Å²) in [6.45, 7) is 3.01. The van der Waals surface area contributed by atoms with E-state index in [1.807, 2.05) is 61.5 Å². The lowest BCUT2D eigenvalue weighted by molar-refractivity contribution is 0.0937. The summed E-state index contributed by atoms with van der Waals surface area (Å²) in [4.78, 5) is 17.8. The Labute approximate surface area is 204 Å². The predicted molar refractivity (Wildman–Crippen MR) is 138 cm³/mol. The maximum Gasteiger partial charge on any atom is 0.251 e. The second-order valence-corrected chi connectivity index (χ2v) is 8.36. The summed E-state index contributed by atoms with van der Waals surface area (Å²) in [5.74, 6) is 2.10. The van der Waals surface area contributed by atoms with Gasteiger partial charge in [0.15, 0.2) is 0 Å². The van der Waals surface area contributed by atoms with Crippen molar-refractivity contribution >= 4 is 27.7 Å². The molecule has 5 rings (SSSR count). The molecule has 1 aromatic heterocycles. The average molecular weight is 466 g/mol. The number of imidazole rings is 1. The van der Waals surface area contributed by atoms with E-state index in [0.29, 0.717) is 24.5 Å². The van der Waals surface area contributed by atoms with E-state index in [1.54, 1.807) is 25.3 Å². The fourth-order valence-corrected chi connectivity index (χ4v) is 4.34. The molecule has 176 valence electrons. The molecule has 6 heteroatoms.